The second-order valence-electron chi connectivity index (χ2n) is 12.9. The van der Waals surface area contributed by atoms with Gasteiger partial charge in [-0.05, 0) is 73.9 Å². The summed E-state index contributed by atoms with van der Waals surface area (Å²) in [5.41, 5.74) is 7.89. The van der Waals surface area contributed by atoms with Gasteiger partial charge in [0.05, 0.1) is 16.3 Å². The van der Waals surface area contributed by atoms with Crippen molar-refractivity contribution in [3.8, 4) is 11.4 Å². The highest BCUT2D eigenvalue weighted by molar-refractivity contribution is 5.45. The molecule has 4 aromatic rings. The molecule has 0 atom stereocenters. The van der Waals surface area contributed by atoms with Gasteiger partial charge in [-0.1, -0.05) is 64.2 Å². The van der Waals surface area contributed by atoms with Crippen molar-refractivity contribution in [3.05, 3.63) is 104 Å². The van der Waals surface area contributed by atoms with Crippen LogP contribution in [0.2, 0.25) is 0 Å². The maximum absolute atomic E-state index is 12.5. The summed E-state index contributed by atoms with van der Waals surface area (Å²) in [4.78, 5) is 35.2. The SMILES string of the molecule is Nc1ccc(-n2ccn(CCCC3CCCCC3)c2=O)cc1.O=c1n(CCCC2CCCCC2)ccn1-c1ccc([N+](=O)[O-])cc1. The Balaban J connectivity index is 0.000000182. The van der Waals surface area contributed by atoms with Crippen LogP contribution in [0.15, 0.2) is 82.9 Å². The molecule has 246 valence electrons. The number of non-ortho nitro benzene ring substituents is 1. The number of nitrogens with two attached hydrogens (primary N) is 1. The monoisotopic (exact) mass is 628 g/mol. The molecule has 0 aliphatic heterocycles. The van der Waals surface area contributed by atoms with E-state index in [0.717, 1.165) is 43.5 Å². The molecule has 10 heteroatoms. The van der Waals surface area contributed by atoms with Crippen LogP contribution in [0.3, 0.4) is 0 Å². The highest BCUT2D eigenvalue weighted by Gasteiger charge is 2.15. The molecule has 46 heavy (non-hydrogen) atoms. The summed E-state index contributed by atoms with van der Waals surface area (Å²) in [6.07, 6.45) is 25.5. The van der Waals surface area contributed by atoms with Gasteiger partial charge in [0.25, 0.3) is 5.69 Å². The van der Waals surface area contributed by atoms with Gasteiger partial charge in [0.15, 0.2) is 0 Å². The Morgan fingerprint density at radius 2 is 1.04 bits per heavy atom. The molecule has 0 saturated heterocycles. The van der Waals surface area contributed by atoms with Crippen LogP contribution in [0.1, 0.15) is 89.9 Å². The lowest BCUT2D eigenvalue weighted by Crippen LogP contribution is -2.23. The Bertz CT molecular complexity index is 1640. The lowest BCUT2D eigenvalue weighted by atomic mass is 9.86. The Morgan fingerprint density at radius 3 is 1.46 bits per heavy atom. The van der Waals surface area contributed by atoms with Crippen LogP contribution in [0.25, 0.3) is 11.4 Å². The van der Waals surface area contributed by atoms with Gasteiger partial charge >= 0.3 is 11.4 Å². The summed E-state index contributed by atoms with van der Waals surface area (Å²) in [6, 6.07) is 13.4. The lowest BCUT2D eigenvalue weighted by molar-refractivity contribution is -0.384. The van der Waals surface area contributed by atoms with Crippen LogP contribution in [-0.4, -0.2) is 23.2 Å². The molecule has 0 bridgehead atoms. The van der Waals surface area contributed by atoms with E-state index in [-0.39, 0.29) is 17.1 Å². The molecule has 2 aliphatic carbocycles. The van der Waals surface area contributed by atoms with Gasteiger partial charge in [-0.3, -0.25) is 28.4 Å². The minimum absolute atomic E-state index is 0.0266. The van der Waals surface area contributed by atoms with E-state index >= 15 is 0 Å². The van der Waals surface area contributed by atoms with Gasteiger partial charge in [0.1, 0.15) is 0 Å². The molecule has 2 saturated carbocycles. The summed E-state index contributed by atoms with van der Waals surface area (Å²) < 4.78 is 6.76. The van der Waals surface area contributed by atoms with Gasteiger partial charge < -0.3 is 5.73 Å². The maximum Gasteiger partial charge on any atom is 0.332 e. The Morgan fingerprint density at radius 1 is 0.630 bits per heavy atom. The molecule has 2 heterocycles. The molecule has 2 N–H and O–H groups in total. The fraction of sp³-hybridized carbons (Fsp3) is 0.500. The largest absolute Gasteiger partial charge is 0.399 e. The number of imidazole rings is 2. The average Bonchev–Trinajstić information content (AvgIpc) is 3.64. The quantitative estimate of drug-likeness (QED) is 0.105. The Kier molecular flexibility index (Phi) is 11.7. The van der Waals surface area contributed by atoms with Gasteiger partial charge in [-0.25, -0.2) is 9.59 Å². The van der Waals surface area contributed by atoms with Crippen LogP contribution < -0.4 is 17.1 Å². The molecule has 0 amide bonds. The third-order valence-corrected chi connectivity index (χ3v) is 9.68. The summed E-state index contributed by atoms with van der Waals surface area (Å²) in [6.45, 7) is 1.55. The zero-order valence-electron chi connectivity index (χ0n) is 26.8. The number of nitrogens with zero attached hydrogens (tertiary/aromatic N) is 5. The first-order valence-electron chi connectivity index (χ1n) is 17.1. The first kappa shape index (κ1) is 33.0. The predicted octanol–water partition coefficient (Wildman–Crippen LogP) is 7.49. The van der Waals surface area contributed by atoms with E-state index in [4.69, 9.17) is 5.73 Å². The molecule has 6 rings (SSSR count). The minimum Gasteiger partial charge on any atom is -0.399 e. The van der Waals surface area contributed by atoms with E-state index in [1.165, 1.54) is 93.7 Å². The second kappa shape index (κ2) is 16.3. The number of nitrogen functional groups attached to an aromatic ring is 1. The van der Waals surface area contributed by atoms with E-state index in [9.17, 15) is 19.7 Å². The molecule has 0 unspecified atom stereocenters. The summed E-state index contributed by atoms with van der Waals surface area (Å²) in [7, 11) is 0. The number of aryl methyl sites for hydroxylation is 2. The molecular formula is C36H48N6O4. The molecule has 2 aliphatic rings. The molecule has 10 nitrogen and oxygen atoms in total. The van der Waals surface area contributed by atoms with Crippen molar-refractivity contribution in [2.75, 3.05) is 5.73 Å². The molecule has 2 aromatic heterocycles. The van der Waals surface area contributed by atoms with Crippen LogP contribution in [0, 0.1) is 22.0 Å². The number of anilines is 1. The van der Waals surface area contributed by atoms with Crippen molar-refractivity contribution < 1.29 is 4.92 Å². The van der Waals surface area contributed by atoms with Crippen molar-refractivity contribution in [3.63, 3.8) is 0 Å². The van der Waals surface area contributed by atoms with Gasteiger partial charge in [-0.15, -0.1) is 0 Å². The normalized spacial score (nSPS) is 15.7. The van der Waals surface area contributed by atoms with Crippen LogP contribution in [0.4, 0.5) is 11.4 Å². The van der Waals surface area contributed by atoms with Crippen molar-refractivity contribution in [1.82, 2.24) is 18.3 Å². The Hall–Kier alpha value is -4.34. The first-order valence-corrected chi connectivity index (χ1v) is 17.1. The average molecular weight is 629 g/mol. The van der Waals surface area contributed by atoms with Crippen molar-refractivity contribution in [2.24, 2.45) is 11.8 Å². The highest BCUT2D eigenvalue weighted by Crippen LogP contribution is 2.28. The van der Waals surface area contributed by atoms with E-state index in [2.05, 4.69) is 0 Å². The Labute approximate surface area is 270 Å². The maximum atomic E-state index is 12.5. The zero-order valence-corrected chi connectivity index (χ0v) is 26.8. The van der Waals surface area contributed by atoms with Crippen molar-refractivity contribution >= 4 is 11.4 Å². The van der Waals surface area contributed by atoms with E-state index < -0.39 is 4.92 Å². The topological polar surface area (TPSA) is 123 Å². The summed E-state index contributed by atoms with van der Waals surface area (Å²) in [5.74, 6) is 1.70. The van der Waals surface area contributed by atoms with Gasteiger partial charge in [0, 0.05) is 55.7 Å². The number of hydrogen-bond donors (Lipinski definition) is 1. The van der Waals surface area contributed by atoms with Crippen molar-refractivity contribution in [1.29, 1.82) is 0 Å². The smallest absolute Gasteiger partial charge is 0.332 e. The minimum atomic E-state index is -0.441. The summed E-state index contributed by atoms with van der Waals surface area (Å²) >= 11 is 0. The fourth-order valence-corrected chi connectivity index (χ4v) is 6.98. The molecule has 0 spiro atoms. The lowest BCUT2D eigenvalue weighted by Gasteiger charge is -2.21. The predicted molar refractivity (Wildman–Crippen MR) is 183 cm³/mol. The molecular weight excluding hydrogens is 580 g/mol. The van der Waals surface area contributed by atoms with Crippen molar-refractivity contribution in [2.45, 2.75) is 103 Å². The zero-order chi connectivity index (χ0) is 32.3. The number of benzene rings is 2. The second-order valence-corrected chi connectivity index (χ2v) is 12.9. The molecule has 0 radical (unpaired) electrons. The molecule has 2 fully saturated rings. The third kappa shape index (κ3) is 8.89. The van der Waals surface area contributed by atoms with Gasteiger partial charge in [0.2, 0.25) is 0 Å². The number of hydrogen-bond acceptors (Lipinski definition) is 5. The van der Waals surface area contributed by atoms with Crippen LogP contribution in [0.5, 0.6) is 0 Å². The number of nitro groups is 1. The van der Waals surface area contributed by atoms with Gasteiger partial charge in [-0.2, -0.15) is 0 Å². The number of aromatic nitrogens is 4. The van der Waals surface area contributed by atoms with Crippen LogP contribution >= 0.6 is 0 Å². The highest BCUT2D eigenvalue weighted by atomic mass is 16.6. The van der Waals surface area contributed by atoms with Crippen LogP contribution in [-0.2, 0) is 13.1 Å². The fourth-order valence-electron chi connectivity index (χ4n) is 6.98. The van der Waals surface area contributed by atoms with E-state index in [1.54, 1.807) is 33.7 Å². The molecule has 2 aromatic carbocycles. The third-order valence-electron chi connectivity index (χ3n) is 9.68. The van der Waals surface area contributed by atoms with E-state index in [0.29, 0.717) is 11.4 Å². The standard InChI is InChI=1S/C18H23N3O3.C18H25N3O/c22-18-19(12-4-7-15-5-2-1-3-6-15)13-14-20(18)16-8-10-17(11-9-16)21(23)24;19-16-8-10-17(11-9-16)21-14-13-20(18(21)22)12-4-7-15-5-2-1-3-6-15/h8-11,13-15H,1-7,12H2;8-11,13-15H,1-7,12,19H2. The summed E-state index contributed by atoms with van der Waals surface area (Å²) in [5, 5.41) is 10.7. The first-order chi connectivity index (χ1) is 22.4. The number of nitro benzene ring substituents is 1. The van der Waals surface area contributed by atoms with E-state index in [1.807, 2.05) is 41.2 Å². The number of rotatable bonds is 11.